The van der Waals surface area contributed by atoms with Crippen LogP contribution in [0.1, 0.15) is 31.8 Å². The second-order valence-corrected chi connectivity index (χ2v) is 4.64. The van der Waals surface area contributed by atoms with Gasteiger partial charge < -0.3 is 4.74 Å². The van der Waals surface area contributed by atoms with E-state index >= 15 is 0 Å². The molecule has 0 saturated heterocycles. The Labute approximate surface area is 128 Å². The molecule has 112 valence electrons. The van der Waals surface area contributed by atoms with Crippen molar-refractivity contribution in [2.45, 2.75) is 6.92 Å². The van der Waals surface area contributed by atoms with Gasteiger partial charge in [0.05, 0.1) is 18.9 Å². The number of carbonyl (C=O) groups is 2. The monoisotopic (exact) mass is 296 g/mol. The first kappa shape index (κ1) is 15.4. The molecular weight excluding hydrogens is 280 g/mol. The number of esters is 1. The molecule has 0 aromatic heterocycles. The Kier molecular flexibility index (Phi) is 5.03. The van der Waals surface area contributed by atoms with Gasteiger partial charge in [-0.2, -0.15) is 5.10 Å². The number of hydrazone groups is 1. The fraction of sp³-hybridized carbons (Fsp3) is 0.118. The van der Waals surface area contributed by atoms with Crippen molar-refractivity contribution in [2.24, 2.45) is 5.10 Å². The SMILES string of the molecule is COC(=O)c1ccccc1/C=N\NC(=O)c1ccc(C)cc1. The first-order valence-electron chi connectivity index (χ1n) is 6.69. The van der Waals surface area contributed by atoms with E-state index < -0.39 is 5.97 Å². The molecule has 0 aliphatic heterocycles. The molecule has 0 atom stereocenters. The maximum absolute atomic E-state index is 11.9. The summed E-state index contributed by atoms with van der Waals surface area (Å²) in [5, 5.41) is 3.89. The molecule has 0 aliphatic carbocycles. The standard InChI is InChI=1S/C17H16N2O3/c1-12-7-9-13(10-8-12)16(20)19-18-11-14-5-3-4-6-15(14)17(21)22-2/h3-11H,1-2H3,(H,19,20)/b18-11-. The predicted octanol–water partition coefficient (Wildman–Crippen LogP) is 2.55. The van der Waals surface area contributed by atoms with Gasteiger partial charge in [-0.25, -0.2) is 10.2 Å². The molecule has 2 aromatic rings. The molecule has 22 heavy (non-hydrogen) atoms. The van der Waals surface area contributed by atoms with Gasteiger partial charge in [0.2, 0.25) is 0 Å². The Morgan fingerprint density at radius 3 is 2.45 bits per heavy atom. The van der Waals surface area contributed by atoms with Gasteiger partial charge in [0.15, 0.2) is 0 Å². The van der Waals surface area contributed by atoms with Gasteiger partial charge in [0.1, 0.15) is 0 Å². The maximum atomic E-state index is 11.9. The number of aryl methyl sites for hydroxylation is 1. The summed E-state index contributed by atoms with van der Waals surface area (Å²) in [7, 11) is 1.31. The van der Waals surface area contributed by atoms with E-state index in [1.54, 1.807) is 36.4 Å². The van der Waals surface area contributed by atoms with Crippen LogP contribution in [0.2, 0.25) is 0 Å². The zero-order valence-corrected chi connectivity index (χ0v) is 12.4. The summed E-state index contributed by atoms with van der Waals surface area (Å²) in [4.78, 5) is 23.5. The van der Waals surface area contributed by atoms with Crippen molar-refractivity contribution in [1.82, 2.24) is 5.43 Å². The lowest BCUT2D eigenvalue weighted by atomic mass is 10.1. The third kappa shape index (κ3) is 3.79. The number of nitrogens with zero attached hydrogens (tertiary/aromatic N) is 1. The highest BCUT2D eigenvalue weighted by atomic mass is 16.5. The van der Waals surface area contributed by atoms with Gasteiger partial charge in [-0.05, 0) is 25.1 Å². The molecule has 5 heteroatoms. The first-order chi connectivity index (χ1) is 10.6. The van der Waals surface area contributed by atoms with E-state index in [0.29, 0.717) is 16.7 Å². The highest BCUT2D eigenvalue weighted by molar-refractivity contribution is 6.00. The number of hydrogen-bond acceptors (Lipinski definition) is 4. The number of hydrogen-bond donors (Lipinski definition) is 1. The van der Waals surface area contributed by atoms with Crippen LogP contribution in [0.3, 0.4) is 0 Å². The highest BCUT2D eigenvalue weighted by Crippen LogP contribution is 2.07. The number of nitrogens with one attached hydrogen (secondary N) is 1. The Morgan fingerprint density at radius 2 is 1.77 bits per heavy atom. The minimum absolute atomic E-state index is 0.313. The van der Waals surface area contributed by atoms with Crippen molar-refractivity contribution in [3.05, 3.63) is 70.8 Å². The van der Waals surface area contributed by atoms with Crippen LogP contribution in [0.25, 0.3) is 0 Å². The molecule has 1 amide bonds. The molecule has 0 radical (unpaired) electrons. The largest absolute Gasteiger partial charge is 0.465 e. The average molecular weight is 296 g/mol. The van der Waals surface area contributed by atoms with Crippen molar-refractivity contribution in [3.63, 3.8) is 0 Å². The average Bonchev–Trinajstić information content (AvgIpc) is 2.55. The van der Waals surface area contributed by atoms with Gasteiger partial charge >= 0.3 is 5.97 Å². The third-order valence-corrected chi connectivity index (χ3v) is 3.05. The van der Waals surface area contributed by atoms with Crippen LogP contribution in [-0.4, -0.2) is 25.2 Å². The first-order valence-corrected chi connectivity index (χ1v) is 6.69. The van der Waals surface area contributed by atoms with Gasteiger partial charge in [0, 0.05) is 11.1 Å². The summed E-state index contributed by atoms with van der Waals surface area (Å²) in [6.45, 7) is 1.95. The van der Waals surface area contributed by atoms with E-state index in [9.17, 15) is 9.59 Å². The van der Waals surface area contributed by atoms with Crippen LogP contribution < -0.4 is 5.43 Å². The van der Waals surface area contributed by atoms with Crippen molar-refractivity contribution >= 4 is 18.1 Å². The van der Waals surface area contributed by atoms with E-state index in [1.165, 1.54) is 13.3 Å². The zero-order valence-electron chi connectivity index (χ0n) is 12.4. The lowest BCUT2D eigenvalue weighted by Crippen LogP contribution is -2.17. The van der Waals surface area contributed by atoms with Crippen molar-refractivity contribution in [3.8, 4) is 0 Å². The second-order valence-electron chi connectivity index (χ2n) is 4.64. The summed E-state index contributed by atoms with van der Waals surface area (Å²) in [6, 6.07) is 14.0. The lowest BCUT2D eigenvalue weighted by Gasteiger charge is -2.03. The summed E-state index contributed by atoms with van der Waals surface area (Å²) < 4.78 is 4.70. The summed E-state index contributed by atoms with van der Waals surface area (Å²) >= 11 is 0. The minimum atomic E-state index is -0.452. The zero-order chi connectivity index (χ0) is 15.9. The summed E-state index contributed by atoms with van der Waals surface area (Å²) in [5.41, 5.74) is 4.98. The Hall–Kier alpha value is -2.95. The van der Waals surface area contributed by atoms with Crippen molar-refractivity contribution < 1.29 is 14.3 Å². The van der Waals surface area contributed by atoms with Crippen LogP contribution in [0.5, 0.6) is 0 Å². The van der Waals surface area contributed by atoms with E-state index in [-0.39, 0.29) is 5.91 Å². The molecule has 2 rings (SSSR count). The van der Waals surface area contributed by atoms with Gasteiger partial charge in [-0.1, -0.05) is 35.9 Å². The number of ether oxygens (including phenoxy) is 1. The topological polar surface area (TPSA) is 67.8 Å². The fourth-order valence-corrected chi connectivity index (χ4v) is 1.84. The predicted molar refractivity (Wildman–Crippen MR) is 84.0 cm³/mol. The molecule has 2 aromatic carbocycles. The molecule has 0 saturated carbocycles. The molecule has 0 spiro atoms. The normalized spacial score (nSPS) is 10.5. The van der Waals surface area contributed by atoms with E-state index in [1.807, 2.05) is 19.1 Å². The smallest absolute Gasteiger partial charge is 0.338 e. The van der Waals surface area contributed by atoms with Crippen molar-refractivity contribution in [2.75, 3.05) is 7.11 Å². The summed E-state index contributed by atoms with van der Waals surface area (Å²) in [5.74, 6) is -0.765. The Balaban J connectivity index is 2.08. The van der Waals surface area contributed by atoms with Crippen molar-refractivity contribution in [1.29, 1.82) is 0 Å². The Bertz CT molecular complexity index is 706. The van der Waals surface area contributed by atoms with E-state index in [4.69, 9.17) is 4.74 Å². The van der Waals surface area contributed by atoms with Crippen LogP contribution >= 0.6 is 0 Å². The summed E-state index contributed by atoms with van der Waals surface area (Å²) in [6.07, 6.45) is 1.42. The van der Waals surface area contributed by atoms with Crippen LogP contribution in [0.15, 0.2) is 53.6 Å². The molecular formula is C17H16N2O3. The Morgan fingerprint density at radius 1 is 1.09 bits per heavy atom. The number of amides is 1. The molecule has 0 heterocycles. The number of rotatable bonds is 4. The van der Waals surface area contributed by atoms with Gasteiger partial charge in [-0.3, -0.25) is 4.79 Å². The number of benzene rings is 2. The molecule has 5 nitrogen and oxygen atoms in total. The van der Waals surface area contributed by atoms with E-state index in [2.05, 4.69) is 10.5 Å². The maximum Gasteiger partial charge on any atom is 0.338 e. The second kappa shape index (κ2) is 7.17. The molecule has 0 fully saturated rings. The highest BCUT2D eigenvalue weighted by Gasteiger charge is 2.09. The van der Waals surface area contributed by atoms with Crippen LogP contribution in [0.4, 0.5) is 0 Å². The van der Waals surface area contributed by atoms with Crippen LogP contribution in [0, 0.1) is 6.92 Å². The fourth-order valence-electron chi connectivity index (χ4n) is 1.84. The minimum Gasteiger partial charge on any atom is -0.465 e. The molecule has 0 unspecified atom stereocenters. The number of carbonyl (C=O) groups excluding carboxylic acids is 2. The molecule has 0 aliphatic rings. The quantitative estimate of drug-likeness (QED) is 0.535. The lowest BCUT2D eigenvalue weighted by molar-refractivity contribution is 0.0600. The van der Waals surface area contributed by atoms with Crippen LogP contribution in [-0.2, 0) is 4.74 Å². The van der Waals surface area contributed by atoms with Gasteiger partial charge in [-0.15, -0.1) is 0 Å². The van der Waals surface area contributed by atoms with Gasteiger partial charge in [0.25, 0.3) is 5.91 Å². The number of methoxy groups -OCH3 is 1. The molecule has 1 N–H and O–H groups in total. The van der Waals surface area contributed by atoms with E-state index in [0.717, 1.165) is 5.56 Å². The third-order valence-electron chi connectivity index (χ3n) is 3.05. The molecule has 0 bridgehead atoms.